The van der Waals surface area contributed by atoms with Gasteiger partial charge in [0.25, 0.3) is 5.56 Å². The summed E-state index contributed by atoms with van der Waals surface area (Å²) in [4.78, 5) is 14.9. The van der Waals surface area contributed by atoms with Crippen LogP contribution in [0.1, 0.15) is 29.2 Å². The minimum Gasteiger partial charge on any atom is -0.390 e. The van der Waals surface area contributed by atoms with Gasteiger partial charge < -0.3 is 14.2 Å². The van der Waals surface area contributed by atoms with Crippen LogP contribution in [0.3, 0.4) is 0 Å². The number of rotatable bonds is 6. The van der Waals surface area contributed by atoms with Gasteiger partial charge >= 0.3 is 0 Å². The molecule has 0 spiro atoms. The van der Waals surface area contributed by atoms with Crippen molar-refractivity contribution in [3.05, 3.63) is 118 Å². The van der Waals surface area contributed by atoms with Gasteiger partial charge in [-0.05, 0) is 55.0 Å². The number of aliphatic hydroxyl groups is 1. The van der Waals surface area contributed by atoms with E-state index < -0.39 is 6.10 Å². The highest BCUT2D eigenvalue weighted by atomic mass is 16.3. The number of likely N-dealkylation sites (tertiary alicyclic amines) is 1. The number of nitrogens with zero attached hydrogens (tertiary/aromatic N) is 3. The van der Waals surface area contributed by atoms with E-state index >= 15 is 0 Å². The van der Waals surface area contributed by atoms with Gasteiger partial charge in [-0.1, -0.05) is 78.4 Å². The zero-order valence-corrected chi connectivity index (χ0v) is 23.8. The van der Waals surface area contributed by atoms with E-state index in [4.69, 9.17) is 0 Å². The topological polar surface area (TPSA) is 50.4 Å². The summed E-state index contributed by atoms with van der Waals surface area (Å²) in [5.41, 5.74) is 9.63. The fraction of sp³-hybridized carbons (Fsp3) is 0.306. The molecule has 3 aromatic carbocycles. The number of fused-ring (bicyclic) bond motifs is 5. The van der Waals surface area contributed by atoms with Gasteiger partial charge in [-0.25, -0.2) is 0 Å². The lowest BCUT2D eigenvalue weighted by molar-refractivity contribution is 0.0555. The third-order valence-corrected chi connectivity index (χ3v) is 9.02. The molecule has 4 heterocycles. The molecule has 208 valence electrons. The molecule has 0 aliphatic carbocycles. The van der Waals surface area contributed by atoms with Gasteiger partial charge in [0.05, 0.1) is 23.9 Å². The third-order valence-electron chi connectivity index (χ3n) is 9.02. The molecular formula is C36H37N3O2. The summed E-state index contributed by atoms with van der Waals surface area (Å²) in [6.07, 6.45) is 0.587. The van der Waals surface area contributed by atoms with Crippen molar-refractivity contribution < 1.29 is 5.11 Å². The molecule has 0 amide bonds. The molecule has 5 aromatic rings. The Morgan fingerprint density at radius 3 is 2.32 bits per heavy atom. The normalized spacial score (nSPS) is 19.3. The van der Waals surface area contributed by atoms with Crippen LogP contribution in [0, 0.1) is 19.8 Å². The Hall–Kier alpha value is -3.93. The van der Waals surface area contributed by atoms with Crippen molar-refractivity contribution in [3.8, 4) is 22.4 Å². The van der Waals surface area contributed by atoms with Crippen LogP contribution in [0.2, 0.25) is 0 Å². The second-order valence-electron chi connectivity index (χ2n) is 12.1. The highest BCUT2D eigenvalue weighted by molar-refractivity contribution is 6.06. The van der Waals surface area contributed by atoms with Crippen molar-refractivity contribution in [1.29, 1.82) is 0 Å². The lowest BCUT2D eigenvalue weighted by Gasteiger charge is -2.43. The van der Waals surface area contributed by atoms with Crippen molar-refractivity contribution in [1.82, 2.24) is 14.0 Å². The van der Waals surface area contributed by atoms with Gasteiger partial charge in [-0.3, -0.25) is 9.69 Å². The smallest absolute Gasteiger partial charge is 0.250 e. The zero-order valence-electron chi connectivity index (χ0n) is 23.8. The average molecular weight is 544 g/mol. The van der Waals surface area contributed by atoms with E-state index in [0.29, 0.717) is 24.9 Å². The molecule has 3 atom stereocenters. The molecule has 0 unspecified atom stereocenters. The Morgan fingerprint density at radius 2 is 1.56 bits per heavy atom. The summed E-state index contributed by atoms with van der Waals surface area (Å²) >= 11 is 0. The Morgan fingerprint density at radius 1 is 0.829 bits per heavy atom. The Labute approximate surface area is 241 Å². The molecule has 2 bridgehead atoms. The maximum Gasteiger partial charge on any atom is 0.250 e. The van der Waals surface area contributed by atoms with Crippen molar-refractivity contribution in [2.75, 3.05) is 19.6 Å². The van der Waals surface area contributed by atoms with Crippen LogP contribution in [0.5, 0.6) is 0 Å². The van der Waals surface area contributed by atoms with E-state index in [1.807, 2.05) is 10.6 Å². The van der Waals surface area contributed by atoms with Gasteiger partial charge in [-0.15, -0.1) is 0 Å². The van der Waals surface area contributed by atoms with Crippen molar-refractivity contribution in [2.24, 2.45) is 5.92 Å². The van der Waals surface area contributed by atoms with Crippen LogP contribution >= 0.6 is 0 Å². The fourth-order valence-corrected chi connectivity index (χ4v) is 7.57. The fourth-order valence-electron chi connectivity index (χ4n) is 7.57. The van der Waals surface area contributed by atoms with Crippen LogP contribution in [-0.2, 0) is 13.1 Å². The number of aliphatic hydroxyl groups excluding tert-OH is 1. The van der Waals surface area contributed by atoms with Gasteiger partial charge in [0.2, 0.25) is 0 Å². The Kier molecular flexibility index (Phi) is 6.64. The van der Waals surface area contributed by atoms with E-state index in [1.54, 1.807) is 6.07 Å². The third kappa shape index (κ3) is 4.73. The number of benzene rings is 3. The summed E-state index contributed by atoms with van der Waals surface area (Å²) in [7, 11) is 0. The molecule has 5 heteroatoms. The largest absolute Gasteiger partial charge is 0.390 e. The molecule has 2 aliphatic heterocycles. The Bertz CT molecular complexity index is 1770. The second-order valence-corrected chi connectivity index (χ2v) is 12.1. The zero-order chi connectivity index (χ0) is 28.1. The highest BCUT2D eigenvalue weighted by Gasteiger charge is 2.35. The summed E-state index contributed by atoms with van der Waals surface area (Å²) in [5, 5.41) is 12.9. The summed E-state index contributed by atoms with van der Waals surface area (Å²) in [6, 6.07) is 31.5. The predicted octanol–water partition coefficient (Wildman–Crippen LogP) is 6.23. The first-order chi connectivity index (χ1) is 20.0. The quantitative estimate of drug-likeness (QED) is 0.276. The van der Waals surface area contributed by atoms with Crippen LogP contribution < -0.4 is 5.56 Å². The monoisotopic (exact) mass is 543 g/mol. The van der Waals surface area contributed by atoms with Crippen LogP contribution in [0.4, 0.5) is 0 Å². The molecule has 1 saturated heterocycles. The second kappa shape index (κ2) is 10.5. The first-order valence-electron chi connectivity index (χ1n) is 14.8. The van der Waals surface area contributed by atoms with E-state index in [2.05, 4.69) is 102 Å². The molecule has 5 nitrogen and oxygen atoms in total. The number of hydrogen-bond acceptors (Lipinski definition) is 3. The SMILES string of the molecule is Cc1cc(C)c2c(c1)c(-c1ccccc1)c(-c1ccccc1)n2C[C@H](O)CN1C[C@@H]2C[C@H](C1)c1cccc(=O)n1C2. The minimum atomic E-state index is -0.533. The van der Waals surface area contributed by atoms with Gasteiger partial charge in [0.1, 0.15) is 0 Å². The summed E-state index contributed by atoms with van der Waals surface area (Å²) < 4.78 is 4.34. The summed E-state index contributed by atoms with van der Waals surface area (Å²) in [5.74, 6) is 0.779. The number of hydrogen-bond donors (Lipinski definition) is 1. The molecule has 41 heavy (non-hydrogen) atoms. The van der Waals surface area contributed by atoms with E-state index in [-0.39, 0.29) is 5.56 Å². The molecule has 2 aromatic heterocycles. The van der Waals surface area contributed by atoms with Crippen molar-refractivity contribution >= 4 is 10.9 Å². The molecular weight excluding hydrogens is 506 g/mol. The van der Waals surface area contributed by atoms with Crippen molar-refractivity contribution in [3.63, 3.8) is 0 Å². The van der Waals surface area contributed by atoms with Gasteiger partial charge in [0.15, 0.2) is 0 Å². The average Bonchev–Trinajstić information content (AvgIpc) is 3.28. The number of β-amino-alcohol motifs (C(OH)–C–C–N with tert-alkyl or cyclic N) is 1. The lowest BCUT2D eigenvalue weighted by Crippen LogP contribution is -2.49. The number of pyridine rings is 1. The van der Waals surface area contributed by atoms with Gasteiger partial charge in [0, 0.05) is 54.8 Å². The predicted molar refractivity (Wildman–Crippen MR) is 166 cm³/mol. The highest BCUT2D eigenvalue weighted by Crippen LogP contribution is 2.43. The molecule has 7 rings (SSSR count). The number of piperidine rings is 1. The van der Waals surface area contributed by atoms with Crippen LogP contribution in [0.15, 0.2) is 95.8 Å². The molecule has 0 saturated carbocycles. The number of aryl methyl sites for hydroxylation is 2. The molecule has 1 fully saturated rings. The molecule has 2 aliphatic rings. The summed E-state index contributed by atoms with van der Waals surface area (Å²) in [6.45, 7) is 8.05. The standard InChI is InChI=1S/C36H37N3O2/c1-24-16-25(2)35-31(17-24)34(27-10-5-3-6-11-27)36(28-12-7-4-8-13-28)39(35)23-30(40)22-37-19-26-18-29(21-37)32-14-9-15-33(41)38(32)20-26/h3-17,26,29-30,40H,18-23H2,1-2H3/t26-,29+,30+/m0/s1. The minimum absolute atomic E-state index is 0.110. The first-order valence-corrected chi connectivity index (χ1v) is 14.8. The van der Waals surface area contributed by atoms with Crippen LogP contribution in [-0.4, -0.2) is 44.9 Å². The van der Waals surface area contributed by atoms with Crippen LogP contribution in [0.25, 0.3) is 33.3 Å². The van der Waals surface area contributed by atoms with E-state index in [9.17, 15) is 9.90 Å². The number of aromatic nitrogens is 2. The van der Waals surface area contributed by atoms with Gasteiger partial charge in [-0.2, -0.15) is 0 Å². The maximum atomic E-state index is 12.5. The van der Waals surface area contributed by atoms with E-state index in [0.717, 1.165) is 43.0 Å². The molecule has 1 N–H and O–H groups in total. The van der Waals surface area contributed by atoms with Crippen molar-refractivity contribution in [2.45, 2.75) is 45.4 Å². The molecule has 0 radical (unpaired) electrons. The Balaban J connectivity index is 1.27. The lowest BCUT2D eigenvalue weighted by atomic mass is 9.83. The van der Waals surface area contributed by atoms with E-state index in [1.165, 1.54) is 33.2 Å². The maximum absolute atomic E-state index is 12.5. The first kappa shape index (κ1) is 26.0.